The van der Waals surface area contributed by atoms with Crippen LogP contribution in [-0.4, -0.2) is 25.6 Å². The van der Waals surface area contributed by atoms with Crippen molar-refractivity contribution >= 4 is 23.3 Å². The Kier molecular flexibility index (Phi) is 4.92. The van der Waals surface area contributed by atoms with E-state index in [-0.39, 0.29) is 6.03 Å². The molecule has 0 saturated carbocycles. The predicted octanol–water partition coefficient (Wildman–Crippen LogP) is 2.36. The molecule has 0 heterocycles. The van der Waals surface area contributed by atoms with Crippen LogP contribution in [0.2, 0.25) is 0 Å². The van der Waals surface area contributed by atoms with Crippen LogP contribution in [0.1, 0.15) is 5.56 Å². The molecule has 0 atom stereocenters. The van der Waals surface area contributed by atoms with Crippen molar-refractivity contribution in [3.8, 4) is 5.75 Å². The molecular formula is C11H15ClN2O2. The van der Waals surface area contributed by atoms with Crippen LogP contribution in [0.15, 0.2) is 18.2 Å². The zero-order chi connectivity index (χ0) is 12.0. The van der Waals surface area contributed by atoms with Gasteiger partial charge in [-0.1, -0.05) is 0 Å². The summed E-state index contributed by atoms with van der Waals surface area (Å²) in [7, 11) is 1.61. The van der Waals surface area contributed by atoms with Gasteiger partial charge in [0.2, 0.25) is 0 Å². The number of urea groups is 1. The highest BCUT2D eigenvalue weighted by molar-refractivity contribution is 6.18. The number of ether oxygens (including phenoxy) is 1. The lowest BCUT2D eigenvalue weighted by atomic mass is 10.2. The molecule has 2 amide bonds. The average Bonchev–Trinajstić information content (AvgIpc) is 2.29. The molecule has 2 N–H and O–H groups in total. The third-order valence-corrected chi connectivity index (χ3v) is 2.25. The highest BCUT2D eigenvalue weighted by Gasteiger charge is 2.04. The minimum Gasteiger partial charge on any atom is -0.497 e. The zero-order valence-corrected chi connectivity index (χ0v) is 10.1. The maximum atomic E-state index is 11.4. The van der Waals surface area contributed by atoms with E-state index in [1.165, 1.54) is 0 Å². The number of benzene rings is 1. The molecule has 16 heavy (non-hydrogen) atoms. The smallest absolute Gasteiger partial charge is 0.319 e. The Morgan fingerprint density at radius 2 is 2.25 bits per heavy atom. The van der Waals surface area contributed by atoms with E-state index in [0.717, 1.165) is 17.0 Å². The molecule has 0 radical (unpaired) electrons. The summed E-state index contributed by atoms with van der Waals surface area (Å²) in [6.07, 6.45) is 0. The second-order valence-electron chi connectivity index (χ2n) is 3.25. The molecule has 0 spiro atoms. The van der Waals surface area contributed by atoms with Crippen molar-refractivity contribution in [3.05, 3.63) is 23.8 Å². The van der Waals surface area contributed by atoms with Crippen molar-refractivity contribution in [1.82, 2.24) is 5.32 Å². The molecule has 0 aliphatic heterocycles. The molecule has 0 aliphatic rings. The third kappa shape index (κ3) is 3.62. The molecule has 0 bridgehead atoms. The Balaban J connectivity index is 2.63. The molecule has 88 valence electrons. The Bertz CT molecular complexity index is 369. The van der Waals surface area contributed by atoms with E-state index in [4.69, 9.17) is 16.3 Å². The summed E-state index contributed by atoms with van der Waals surface area (Å²) in [5.41, 5.74) is 1.70. The quantitative estimate of drug-likeness (QED) is 0.797. The summed E-state index contributed by atoms with van der Waals surface area (Å²) in [5, 5.41) is 5.36. The number of carbonyl (C=O) groups excluding carboxylic acids is 1. The Morgan fingerprint density at radius 3 is 2.81 bits per heavy atom. The summed E-state index contributed by atoms with van der Waals surface area (Å²) in [6.45, 7) is 2.35. The van der Waals surface area contributed by atoms with Crippen molar-refractivity contribution in [1.29, 1.82) is 0 Å². The lowest BCUT2D eigenvalue weighted by Gasteiger charge is -2.10. The van der Waals surface area contributed by atoms with E-state index in [2.05, 4.69) is 10.6 Å². The van der Waals surface area contributed by atoms with Gasteiger partial charge in [-0.3, -0.25) is 0 Å². The Hall–Kier alpha value is -1.42. The van der Waals surface area contributed by atoms with Crippen LogP contribution in [-0.2, 0) is 0 Å². The number of amides is 2. The summed E-state index contributed by atoms with van der Waals surface area (Å²) >= 11 is 5.46. The largest absolute Gasteiger partial charge is 0.497 e. The second kappa shape index (κ2) is 6.23. The van der Waals surface area contributed by atoms with Crippen LogP contribution in [0.25, 0.3) is 0 Å². The number of hydrogen-bond donors (Lipinski definition) is 2. The number of aryl methyl sites for hydroxylation is 1. The monoisotopic (exact) mass is 242 g/mol. The van der Waals surface area contributed by atoms with Gasteiger partial charge in [-0.25, -0.2) is 4.79 Å². The number of anilines is 1. The fourth-order valence-electron chi connectivity index (χ4n) is 1.23. The van der Waals surface area contributed by atoms with Crippen LogP contribution >= 0.6 is 11.6 Å². The standard InChI is InChI=1S/C11H15ClN2O2/c1-8-7-9(16-2)3-4-10(8)14-11(15)13-6-5-12/h3-4,7H,5-6H2,1-2H3,(H2,13,14,15). The highest BCUT2D eigenvalue weighted by Crippen LogP contribution is 2.20. The summed E-state index contributed by atoms with van der Waals surface area (Å²) < 4.78 is 5.07. The van der Waals surface area contributed by atoms with Gasteiger partial charge in [0.05, 0.1) is 7.11 Å². The SMILES string of the molecule is COc1ccc(NC(=O)NCCCl)c(C)c1. The van der Waals surface area contributed by atoms with E-state index < -0.39 is 0 Å². The zero-order valence-electron chi connectivity index (χ0n) is 9.34. The van der Waals surface area contributed by atoms with Crippen molar-refractivity contribution in [2.24, 2.45) is 0 Å². The topological polar surface area (TPSA) is 50.4 Å². The first kappa shape index (κ1) is 12.6. The summed E-state index contributed by atoms with van der Waals surface area (Å²) in [6, 6.07) is 5.20. The van der Waals surface area contributed by atoms with Gasteiger partial charge in [0.1, 0.15) is 5.75 Å². The molecule has 1 rings (SSSR count). The van der Waals surface area contributed by atoms with E-state index in [1.807, 2.05) is 13.0 Å². The Labute approximate surface area is 99.9 Å². The van der Waals surface area contributed by atoms with Gasteiger partial charge in [0.25, 0.3) is 0 Å². The molecule has 5 heteroatoms. The lowest BCUT2D eigenvalue weighted by Crippen LogP contribution is -2.30. The first-order valence-corrected chi connectivity index (χ1v) is 5.46. The van der Waals surface area contributed by atoms with Crippen molar-refractivity contribution in [2.75, 3.05) is 24.9 Å². The second-order valence-corrected chi connectivity index (χ2v) is 3.63. The molecule has 0 saturated heterocycles. The normalized spacial score (nSPS) is 9.69. The minimum atomic E-state index is -0.256. The molecule has 4 nitrogen and oxygen atoms in total. The first-order valence-electron chi connectivity index (χ1n) is 4.93. The number of alkyl halides is 1. The third-order valence-electron chi connectivity index (χ3n) is 2.06. The molecular weight excluding hydrogens is 228 g/mol. The number of halogens is 1. The van der Waals surface area contributed by atoms with Gasteiger partial charge < -0.3 is 15.4 Å². The van der Waals surface area contributed by atoms with Gasteiger partial charge in [0, 0.05) is 18.1 Å². The number of carbonyl (C=O) groups is 1. The summed E-state index contributed by atoms with van der Waals surface area (Å²) in [4.78, 5) is 11.4. The van der Waals surface area contributed by atoms with Gasteiger partial charge in [-0.05, 0) is 30.7 Å². The number of methoxy groups -OCH3 is 1. The van der Waals surface area contributed by atoms with E-state index in [9.17, 15) is 4.79 Å². The van der Waals surface area contributed by atoms with Gasteiger partial charge in [-0.2, -0.15) is 0 Å². The van der Waals surface area contributed by atoms with E-state index >= 15 is 0 Å². The van der Waals surface area contributed by atoms with E-state index in [1.54, 1.807) is 19.2 Å². The average molecular weight is 243 g/mol. The molecule has 0 aliphatic carbocycles. The molecule has 0 unspecified atom stereocenters. The Morgan fingerprint density at radius 1 is 1.50 bits per heavy atom. The van der Waals surface area contributed by atoms with Gasteiger partial charge in [-0.15, -0.1) is 11.6 Å². The maximum Gasteiger partial charge on any atom is 0.319 e. The van der Waals surface area contributed by atoms with Gasteiger partial charge in [0.15, 0.2) is 0 Å². The summed E-state index contributed by atoms with van der Waals surface area (Å²) in [5.74, 6) is 1.17. The highest BCUT2D eigenvalue weighted by atomic mass is 35.5. The van der Waals surface area contributed by atoms with Crippen molar-refractivity contribution in [2.45, 2.75) is 6.92 Å². The number of hydrogen-bond acceptors (Lipinski definition) is 2. The van der Waals surface area contributed by atoms with Crippen LogP contribution < -0.4 is 15.4 Å². The molecule has 1 aromatic rings. The fourth-order valence-corrected chi connectivity index (χ4v) is 1.33. The fraction of sp³-hybridized carbons (Fsp3) is 0.364. The van der Waals surface area contributed by atoms with E-state index in [0.29, 0.717) is 12.4 Å². The predicted molar refractivity (Wildman–Crippen MR) is 65.5 cm³/mol. The number of nitrogens with one attached hydrogen (secondary N) is 2. The van der Waals surface area contributed by atoms with Crippen LogP contribution in [0.3, 0.4) is 0 Å². The first-order chi connectivity index (χ1) is 7.67. The molecule has 0 fully saturated rings. The molecule has 1 aromatic carbocycles. The van der Waals surface area contributed by atoms with Crippen molar-refractivity contribution < 1.29 is 9.53 Å². The van der Waals surface area contributed by atoms with Crippen molar-refractivity contribution in [3.63, 3.8) is 0 Å². The van der Waals surface area contributed by atoms with Gasteiger partial charge >= 0.3 is 6.03 Å². The number of rotatable bonds is 4. The maximum absolute atomic E-state index is 11.4. The lowest BCUT2D eigenvalue weighted by molar-refractivity contribution is 0.252. The molecule has 0 aromatic heterocycles. The minimum absolute atomic E-state index is 0.256. The van der Waals surface area contributed by atoms with Crippen LogP contribution in [0.5, 0.6) is 5.75 Å². The van der Waals surface area contributed by atoms with Crippen LogP contribution in [0, 0.1) is 6.92 Å². The van der Waals surface area contributed by atoms with Crippen LogP contribution in [0.4, 0.5) is 10.5 Å².